The van der Waals surface area contributed by atoms with Crippen molar-refractivity contribution in [3.63, 3.8) is 0 Å². The molecule has 0 N–H and O–H groups in total. The summed E-state index contributed by atoms with van der Waals surface area (Å²) in [5, 5.41) is 11.6. The Morgan fingerprint density at radius 2 is 2.14 bits per heavy atom. The first kappa shape index (κ1) is 9.20. The fourth-order valence-corrected chi connectivity index (χ4v) is 1.35. The number of aryl methyl sites for hydroxylation is 1. The van der Waals surface area contributed by atoms with Gasteiger partial charge in [0.2, 0.25) is 10.6 Å². The normalized spacial score (nSPS) is 10.8. The molecule has 2 aromatic rings. The Hall–Kier alpha value is -1.37. The first-order valence-corrected chi connectivity index (χ1v) is 4.65. The molecule has 2 heterocycles. The molecule has 0 aliphatic carbocycles. The molecule has 0 amide bonds. The van der Waals surface area contributed by atoms with E-state index in [9.17, 15) is 4.79 Å². The van der Waals surface area contributed by atoms with Crippen LogP contribution in [0.5, 0.6) is 0 Å². The van der Waals surface area contributed by atoms with E-state index in [-0.39, 0.29) is 11.6 Å². The molecule has 0 saturated heterocycles. The zero-order valence-electron chi connectivity index (χ0n) is 7.52. The van der Waals surface area contributed by atoms with E-state index in [4.69, 9.17) is 0 Å². The fourth-order valence-electron chi connectivity index (χ4n) is 1.03. The van der Waals surface area contributed by atoms with Gasteiger partial charge in [0.25, 0.3) is 0 Å². The van der Waals surface area contributed by atoms with Crippen molar-refractivity contribution in [3.05, 3.63) is 16.3 Å². The third-order valence-electron chi connectivity index (χ3n) is 1.70. The Labute approximate surface area is 87.5 Å². The summed E-state index contributed by atoms with van der Waals surface area (Å²) in [5.74, 6) is -0.0106. The lowest BCUT2D eigenvalue weighted by atomic mass is 10.4. The van der Waals surface area contributed by atoms with Gasteiger partial charge in [-0.2, -0.15) is 4.52 Å². The van der Waals surface area contributed by atoms with Gasteiger partial charge >= 0.3 is 0 Å². The highest BCUT2D eigenvalue weighted by Crippen LogP contribution is 2.10. The summed E-state index contributed by atoms with van der Waals surface area (Å²) in [6, 6.07) is 0. The van der Waals surface area contributed by atoms with E-state index < -0.39 is 0 Å². The predicted octanol–water partition coefficient (Wildman–Crippen LogP) is 0.793. The second-order valence-electron chi connectivity index (χ2n) is 2.78. The molecule has 0 aromatic carbocycles. The standard InChI is InChI=1S/C7H6BrN5O/c1-3-6-9-5(4(2)14)12-13(6)7(8)11-10-3/h1-2H3. The molecule has 0 bridgehead atoms. The summed E-state index contributed by atoms with van der Waals surface area (Å²) in [7, 11) is 0. The molecule has 0 spiro atoms. The highest BCUT2D eigenvalue weighted by atomic mass is 79.9. The van der Waals surface area contributed by atoms with E-state index in [1.54, 1.807) is 6.92 Å². The Morgan fingerprint density at radius 3 is 2.71 bits per heavy atom. The maximum absolute atomic E-state index is 11.0. The number of Topliss-reactive ketones (excluding diaryl/α,β-unsaturated/α-hetero) is 1. The Kier molecular flexibility index (Phi) is 2.03. The number of hydrogen-bond acceptors (Lipinski definition) is 5. The monoisotopic (exact) mass is 255 g/mol. The second-order valence-corrected chi connectivity index (χ2v) is 3.49. The van der Waals surface area contributed by atoms with E-state index in [1.165, 1.54) is 11.4 Å². The van der Waals surface area contributed by atoms with E-state index in [1.807, 2.05) is 0 Å². The van der Waals surface area contributed by atoms with Crippen molar-refractivity contribution in [2.24, 2.45) is 0 Å². The zero-order chi connectivity index (χ0) is 10.3. The van der Waals surface area contributed by atoms with Gasteiger partial charge < -0.3 is 0 Å². The molecule has 72 valence electrons. The van der Waals surface area contributed by atoms with Crippen LogP contribution in [-0.4, -0.2) is 30.6 Å². The molecular weight excluding hydrogens is 250 g/mol. The Balaban J connectivity index is 2.82. The fraction of sp³-hybridized carbons (Fsp3) is 0.286. The SMILES string of the molecule is CC(=O)c1nc2c(C)nnc(Br)n2n1. The number of aromatic nitrogens is 5. The summed E-state index contributed by atoms with van der Waals surface area (Å²) in [4.78, 5) is 15.1. The van der Waals surface area contributed by atoms with Crippen molar-refractivity contribution in [1.29, 1.82) is 0 Å². The molecule has 2 aromatic heterocycles. The molecule has 2 rings (SSSR count). The summed E-state index contributed by atoms with van der Waals surface area (Å²) in [5.41, 5.74) is 1.17. The van der Waals surface area contributed by atoms with Crippen molar-refractivity contribution >= 4 is 27.4 Å². The van der Waals surface area contributed by atoms with Gasteiger partial charge in [-0.1, -0.05) is 0 Å². The summed E-state index contributed by atoms with van der Waals surface area (Å²) < 4.78 is 1.87. The van der Waals surface area contributed by atoms with Crippen LogP contribution in [0.3, 0.4) is 0 Å². The average Bonchev–Trinajstić information content (AvgIpc) is 2.57. The lowest BCUT2D eigenvalue weighted by Gasteiger charge is -1.94. The molecule has 0 unspecified atom stereocenters. The van der Waals surface area contributed by atoms with Crippen molar-refractivity contribution < 1.29 is 4.79 Å². The molecule has 0 atom stereocenters. The quantitative estimate of drug-likeness (QED) is 0.705. The molecule has 0 aliphatic heterocycles. The highest BCUT2D eigenvalue weighted by molar-refractivity contribution is 9.10. The topological polar surface area (TPSA) is 73.0 Å². The van der Waals surface area contributed by atoms with Crippen LogP contribution >= 0.6 is 15.9 Å². The maximum Gasteiger partial charge on any atom is 0.221 e. The minimum absolute atomic E-state index is 0.170. The lowest BCUT2D eigenvalue weighted by molar-refractivity contribution is 0.100. The van der Waals surface area contributed by atoms with Gasteiger partial charge in [-0.05, 0) is 22.9 Å². The second kappa shape index (κ2) is 3.09. The van der Waals surface area contributed by atoms with E-state index >= 15 is 0 Å². The smallest absolute Gasteiger partial charge is 0.221 e. The number of ketones is 1. The number of hydrogen-bond donors (Lipinski definition) is 0. The molecule has 14 heavy (non-hydrogen) atoms. The van der Waals surface area contributed by atoms with Crippen LogP contribution in [-0.2, 0) is 0 Å². The van der Waals surface area contributed by atoms with Crippen LogP contribution in [0.15, 0.2) is 4.73 Å². The van der Waals surface area contributed by atoms with E-state index in [0.29, 0.717) is 16.1 Å². The Bertz CT molecular complexity index is 481. The van der Waals surface area contributed by atoms with Crippen LogP contribution in [0, 0.1) is 6.92 Å². The third kappa shape index (κ3) is 1.29. The molecule has 6 nitrogen and oxygen atoms in total. The van der Waals surface area contributed by atoms with Gasteiger partial charge in [0.15, 0.2) is 11.4 Å². The number of rotatable bonds is 1. The molecule has 0 radical (unpaired) electrons. The van der Waals surface area contributed by atoms with Gasteiger partial charge in [-0.3, -0.25) is 4.79 Å². The Morgan fingerprint density at radius 1 is 1.43 bits per heavy atom. The average molecular weight is 256 g/mol. The predicted molar refractivity (Wildman–Crippen MR) is 51.0 cm³/mol. The van der Waals surface area contributed by atoms with Crippen molar-refractivity contribution in [1.82, 2.24) is 24.8 Å². The number of carbonyl (C=O) groups is 1. The summed E-state index contributed by atoms with van der Waals surface area (Å²) in [6.45, 7) is 3.17. The van der Waals surface area contributed by atoms with Gasteiger partial charge in [-0.25, -0.2) is 4.98 Å². The maximum atomic E-state index is 11.0. The van der Waals surface area contributed by atoms with E-state index in [0.717, 1.165) is 0 Å². The van der Waals surface area contributed by atoms with Crippen LogP contribution in [0.1, 0.15) is 23.2 Å². The molecular formula is C7H6BrN5O. The third-order valence-corrected chi connectivity index (χ3v) is 2.20. The first-order valence-electron chi connectivity index (χ1n) is 3.86. The van der Waals surface area contributed by atoms with Crippen LogP contribution in [0.4, 0.5) is 0 Å². The number of nitrogens with zero attached hydrogens (tertiary/aromatic N) is 5. The van der Waals surface area contributed by atoms with Crippen molar-refractivity contribution in [3.8, 4) is 0 Å². The van der Waals surface area contributed by atoms with Gasteiger partial charge in [0, 0.05) is 6.92 Å². The summed E-state index contributed by atoms with van der Waals surface area (Å²) >= 11 is 3.17. The van der Waals surface area contributed by atoms with Gasteiger partial charge in [0.1, 0.15) is 5.69 Å². The van der Waals surface area contributed by atoms with Crippen LogP contribution in [0.2, 0.25) is 0 Å². The number of halogens is 1. The molecule has 0 fully saturated rings. The first-order chi connectivity index (χ1) is 6.59. The summed E-state index contributed by atoms with van der Waals surface area (Å²) in [6.07, 6.45) is 0. The van der Waals surface area contributed by atoms with Crippen LogP contribution in [0.25, 0.3) is 5.65 Å². The van der Waals surface area contributed by atoms with Gasteiger partial charge in [0.05, 0.1) is 0 Å². The van der Waals surface area contributed by atoms with Crippen LogP contribution < -0.4 is 0 Å². The molecule has 0 saturated carbocycles. The minimum Gasteiger partial charge on any atom is -0.291 e. The molecule has 7 heteroatoms. The lowest BCUT2D eigenvalue weighted by Crippen LogP contribution is -1.99. The number of carbonyl (C=O) groups excluding carboxylic acids is 1. The van der Waals surface area contributed by atoms with Crippen molar-refractivity contribution in [2.75, 3.05) is 0 Å². The van der Waals surface area contributed by atoms with Crippen molar-refractivity contribution in [2.45, 2.75) is 13.8 Å². The van der Waals surface area contributed by atoms with Gasteiger partial charge in [-0.15, -0.1) is 15.3 Å². The minimum atomic E-state index is -0.181. The number of fused-ring (bicyclic) bond motifs is 1. The zero-order valence-corrected chi connectivity index (χ0v) is 9.11. The van der Waals surface area contributed by atoms with E-state index in [2.05, 4.69) is 36.2 Å². The molecule has 0 aliphatic rings. The largest absolute Gasteiger partial charge is 0.291 e. The highest BCUT2D eigenvalue weighted by Gasteiger charge is 2.12.